The highest BCUT2D eigenvalue weighted by molar-refractivity contribution is 8.00. The lowest BCUT2D eigenvalue weighted by atomic mass is 10.0. The lowest BCUT2D eigenvalue weighted by Gasteiger charge is -2.32. The van der Waals surface area contributed by atoms with Crippen molar-refractivity contribution in [2.75, 3.05) is 52.4 Å². The van der Waals surface area contributed by atoms with Crippen molar-refractivity contribution in [3.05, 3.63) is 93.6 Å². The number of hydrogen-bond acceptors (Lipinski definition) is 11. The van der Waals surface area contributed by atoms with Crippen LogP contribution in [0.4, 0.5) is 8.78 Å². The first-order chi connectivity index (χ1) is 35.2. The number of aromatic nitrogens is 4. The summed E-state index contributed by atoms with van der Waals surface area (Å²) in [5, 5.41) is 40.7. The van der Waals surface area contributed by atoms with Crippen LogP contribution in [-0.2, 0) is 35.5 Å². The Morgan fingerprint density at radius 1 is 0.644 bits per heavy atom. The predicted molar refractivity (Wildman–Crippen MR) is 274 cm³/mol. The maximum Gasteiger partial charge on any atom is 0.356 e. The Morgan fingerprint density at radius 2 is 1.11 bits per heavy atom. The molecule has 6 fully saturated rings. The number of aliphatic hydroxyl groups excluding tert-OH is 2. The van der Waals surface area contributed by atoms with Gasteiger partial charge in [0, 0.05) is 82.1 Å². The standard InChI is InChI=1S/C27H33FN4O3S.C22H25N3O3S.C5H10FNO/c1-16-4-2-3-5-23(16)36-18-6-9-30(10-7-18)24(34)15-32-21-13-17-12-19(17)25(21)26(29-32)27(35)31-11-8-22(33)20(28)14-31;1-13-4-2-3-5-18(13)29-15-6-8-24(9-7-15)19(26)12-25-17-11-14-10-16(14)20(17)21(23-25)22(27)28;6-4-3-7-2-1-5(4)8/h2-5,17-20,22,33H,6-15H2,1H3;2-5,14-16H,6-12H2,1H3,(H,27,28);4-5,7-8H,1-3H2/t17-,19-,20-,22+;14-,16-;4-,5+/m111/s1. The molecule has 392 valence electrons. The van der Waals surface area contributed by atoms with E-state index in [1.165, 1.54) is 25.8 Å². The maximum atomic E-state index is 14.1. The number of fused-ring (bicyclic) bond motifs is 6. The summed E-state index contributed by atoms with van der Waals surface area (Å²) in [4.78, 5) is 58.9. The average Bonchev–Trinajstić information content (AvgIpc) is 4.15. The fourth-order valence-corrected chi connectivity index (χ4v) is 14.1. The van der Waals surface area contributed by atoms with E-state index in [1.807, 2.05) is 33.3 Å². The van der Waals surface area contributed by atoms with Crippen LogP contribution in [0, 0.1) is 25.7 Å². The summed E-state index contributed by atoms with van der Waals surface area (Å²) in [7, 11) is 0. The van der Waals surface area contributed by atoms with Crippen LogP contribution in [0.3, 0.4) is 0 Å². The minimum absolute atomic E-state index is 0.0455. The number of halogens is 2. The molecule has 3 amide bonds. The lowest BCUT2D eigenvalue weighted by molar-refractivity contribution is -0.133. The zero-order chi connectivity index (χ0) is 51.1. The van der Waals surface area contributed by atoms with Crippen LogP contribution in [0.5, 0.6) is 0 Å². The number of aliphatic hydroxyl groups is 2. The molecule has 4 aromatic rings. The van der Waals surface area contributed by atoms with E-state index in [4.69, 9.17) is 5.11 Å². The van der Waals surface area contributed by atoms with Crippen LogP contribution in [0.25, 0.3) is 0 Å². The van der Waals surface area contributed by atoms with Gasteiger partial charge in [-0.2, -0.15) is 10.2 Å². The Bertz CT molecular complexity index is 2680. The van der Waals surface area contributed by atoms with Crippen molar-refractivity contribution in [3.8, 4) is 0 Å². The number of carbonyl (C=O) groups excluding carboxylic acids is 3. The Morgan fingerprint density at radius 3 is 1.56 bits per heavy atom. The molecular formula is C54H68F2N8O7S2. The summed E-state index contributed by atoms with van der Waals surface area (Å²) in [5.41, 5.74) is 6.99. The van der Waals surface area contributed by atoms with Crippen molar-refractivity contribution in [2.45, 2.75) is 148 Å². The van der Waals surface area contributed by atoms with E-state index in [0.29, 0.717) is 59.4 Å². The second-order valence-corrected chi connectivity index (χ2v) is 24.0. The Hall–Kier alpha value is -4.82. The molecule has 19 heteroatoms. The maximum absolute atomic E-state index is 14.1. The second kappa shape index (κ2) is 22.2. The molecule has 0 spiro atoms. The average molecular weight is 1040 g/mol. The number of nitrogens with zero attached hydrogens (tertiary/aromatic N) is 7. The first kappa shape index (κ1) is 51.7. The first-order valence-electron chi connectivity index (χ1n) is 26.3. The summed E-state index contributed by atoms with van der Waals surface area (Å²) >= 11 is 3.83. The lowest BCUT2D eigenvalue weighted by Crippen LogP contribution is -2.47. The van der Waals surface area contributed by atoms with Crippen LogP contribution in [0.15, 0.2) is 58.3 Å². The summed E-state index contributed by atoms with van der Waals surface area (Å²) < 4.78 is 29.8. The normalized spacial score (nSPS) is 27.1. The Labute approximate surface area is 433 Å². The zero-order valence-electron chi connectivity index (χ0n) is 41.7. The molecule has 4 aliphatic carbocycles. The minimum Gasteiger partial charge on any atom is -0.476 e. The second-order valence-electron chi connectivity index (χ2n) is 21.3. The molecule has 8 aliphatic rings. The molecule has 12 rings (SSSR count). The van der Waals surface area contributed by atoms with E-state index >= 15 is 0 Å². The number of aromatic carboxylic acids is 1. The molecule has 15 nitrogen and oxygen atoms in total. The summed E-state index contributed by atoms with van der Waals surface area (Å²) in [6, 6.07) is 16.9. The highest BCUT2D eigenvalue weighted by Gasteiger charge is 2.52. The van der Waals surface area contributed by atoms with Crippen molar-refractivity contribution in [2.24, 2.45) is 11.8 Å². The van der Waals surface area contributed by atoms with Crippen LogP contribution >= 0.6 is 23.5 Å². The summed E-state index contributed by atoms with van der Waals surface area (Å²) in [5.74, 6) is 0.649. The van der Waals surface area contributed by atoms with Crippen molar-refractivity contribution >= 4 is 47.2 Å². The van der Waals surface area contributed by atoms with Gasteiger partial charge in [-0.15, -0.1) is 23.5 Å². The minimum atomic E-state index is -1.43. The zero-order valence-corrected chi connectivity index (χ0v) is 43.3. The highest BCUT2D eigenvalue weighted by Crippen LogP contribution is 2.58. The first-order valence-corrected chi connectivity index (χ1v) is 28.0. The molecule has 2 saturated carbocycles. The van der Waals surface area contributed by atoms with E-state index in [9.17, 15) is 38.2 Å². The van der Waals surface area contributed by atoms with E-state index in [2.05, 4.69) is 77.9 Å². The number of thioether (sulfide) groups is 2. The molecule has 0 unspecified atom stereocenters. The molecule has 4 aliphatic heterocycles. The number of carboxylic acids is 1. The fourth-order valence-electron chi connectivity index (χ4n) is 11.6. The van der Waals surface area contributed by atoms with E-state index in [0.717, 1.165) is 107 Å². The molecule has 0 radical (unpaired) electrons. The van der Waals surface area contributed by atoms with Gasteiger partial charge in [-0.3, -0.25) is 23.7 Å². The van der Waals surface area contributed by atoms with Gasteiger partial charge in [0.15, 0.2) is 11.4 Å². The van der Waals surface area contributed by atoms with Crippen molar-refractivity contribution in [1.82, 2.24) is 39.6 Å². The molecule has 8 atom stereocenters. The third-order valence-corrected chi connectivity index (χ3v) is 19.2. The van der Waals surface area contributed by atoms with Gasteiger partial charge in [-0.25, -0.2) is 13.6 Å². The van der Waals surface area contributed by atoms with Gasteiger partial charge in [0.2, 0.25) is 11.8 Å². The molecule has 4 saturated heterocycles. The van der Waals surface area contributed by atoms with Crippen molar-refractivity contribution in [3.63, 3.8) is 0 Å². The molecule has 2 aromatic carbocycles. The fraction of sp³-hybridized carbons (Fsp3) is 0.593. The van der Waals surface area contributed by atoms with Gasteiger partial charge >= 0.3 is 5.97 Å². The number of benzene rings is 2. The quantitative estimate of drug-likeness (QED) is 0.141. The molecule has 2 aromatic heterocycles. The largest absolute Gasteiger partial charge is 0.476 e. The van der Waals surface area contributed by atoms with E-state index in [-0.39, 0.29) is 49.5 Å². The van der Waals surface area contributed by atoms with E-state index in [1.54, 1.807) is 9.36 Å². The summed E-state index contributed by atoms with van der Waals surface area (Å²) in [6.07, 6.45) is 4.28. The number of carboxylic acid groups (broad SMARTS) is 1. The van der Waals surface area contributed by atoms with Crippen LogP contribution in [0.2, 0.25) is 0 Å². The summed E-state index contributed by atoms with van der Waals surface area (Å²) in [6.45, 7) is 8.81. The predicted octanol–water partition coefficient (Wildman–Crippen LogP) is 6.19. The number of nitrogens with one attached hydrogen (secondary N) is 1. The van der Waals surface area contributed by atoms with Crippen LogP contribution in [-0.4, -0.2) is 161 Å². The molecule has 0 bridgehead atoms. The molecular weight excluding hydrogens is 975 g/mol. The van der Waals surface area contributed by atoms with Gasteiger partial charge in [-0.1, -0.05) is 36.4 Å². The number of alkyl halides is 2. The number of hydrogen-bond donors (Lipinski definition) is 4. The van der Waals surface area contributed by atoms with Crippen molar-refractivity contribution < 1.29 is 43.3 Å². The number of rotatable bonds is 10. The smallest absolute Gasteiger partial charge is 0.356 e. The topological polar surface area (TPSA) is 186 Å². The van der Waals surface area contributed by atoms with Gasteiger partial charge in [0.05, 0.1) is 18.8 Å². The van der Waals surface area contributed by atoms with Crippen LogP contribution < -0.4 is 5.32 Å². The number of amides is 3. The van der Waals surface area contributed by atoms with Gasteiger partial charge in [-0.05, 0) is 132 Å². The van der Waals surface area contributed by atoms with E-state index < -0.39 is 30.5 Å². The number of aryl methyl sites for hydroxylation is 2. The van der Waals surface area contributed by atoms with Crippen molar-refractivity contribution in [1.29, 1.82) is 0 Å². The number of piperidine rings is 4. The molecule has 4 N–H and O–H groups in total. The Balaban J connectivity index is 0.000000148. The van der Waals surface area contributed by atoms with Gasteiger partial charge < -0.3 is 35.3 Å². The SMILES string of the molecule is Cc1ccccc1SC1CCN(C(=O)Cn2nc(C(=O)N3CC[C@H](O)[C@H](F)C3)c3c2C[C@H]2C[C@@H]32)CC1.Cc1ccccc1SC1CCN(C(=O)Cn2nc(C(=O)O)c3c2C[C@H]2C[C@@H]32)CC1.O[C@H]1CCNC[C@H]1F. The number of carbonyl (C=O) groups is 4. The number of likely N-dealkylation sites (tertiary alicyclic amines) is 3. The van der Waals surface area contributed by atoms with Gasteiger partial charge in [0.25, 0.3) is 5.91 Å². The third kappa shape index (κ3) is 11.6. The molecule has 6 heterocycles. The molecule has 73 heavy (non-hydrogen) atoms. The highest BCUT2D eigenvalue weighted by atomic mass is 32.2. The van der Waals surface area contributed by atoms with Gasteiger partial charge in [0.1, 0.15) is 25.4 Å². The Kier molecular flexibility index (Phi) is 15.7. The third-order valence-electron chi connectivity index (χ3n) is 16.2. The van der Waals surface area contributed by atoms with Crippen LogP contribution in [0.1, 0.15) is 118 Å². The monoisotopic (exact) mass is 1040 g/mol.